The first-order chi connectivity index (χ1) is 8.36. The average Bonchev–Trinajstić information content (AvgIpc) is 2.72. The number of nitrogens with one attached hydrogen (secondary N) is 1. The van der Waals surface area contributed by atoms with Gasteiger partial charge in [-0.3, -0.25) is 0 Å². The van der Waals surface area contributed by atoms with Crippen LogP contribution in [0, 0.1) is 5.92 Å². The van der Waals surface area contributed by atoms with Crippen molar-refractivity contribution in [2.24, 2.45) is 5.92 Å². The summed E-state index contributed by atoms with van der Waals surface area (Å²) < 4.78 is 5.53. The summed E-state index contributed by atoms with van der Waals surface area (Å²) in [5.41, 5.74) is 0. The van der Waals surface area contributed by atoms with Gasteiger partial charge < -0.3 is 10.1 Å². The van der Waals surface area contributed by atoms with E-state index in [0.717, 1.165) is 19.1 Å². The highest BCUT2D eigenvalue weighted by Crippen LogP contribution is 2.26. The highest BCUT2D eigenvalue weighted by molar-refractivity contribution is 4.79. The van der Waals surface area contributed by atoms with Crippen molar-refractivity contribution in [3.05, 3.63) is 0 Å². The lowest BCUT2D eigenvalue weighted by atomic mass is 9.92. The first-order valence-corrected chi connectivity index (χ1v) is 7.70. The fraction of sp³-hybridized carbons (Fsp3) is 1.00. The van der Waals surface area contributed by atoms with Crippen molar-refractivity contribution in [2.45, 2.75) is 76.8 Å². The first-order valence-electron chi connectivity index (χ1n) is 7.70. The summed E-state index contributed by atoms with van der Waals surface area (Å²) in [6.45, 7) is 4.33. The van der Waals surface area contributed by atoms with Gasteiger partial charge in [-0.25, -0.2) is 0 Å². The molecule has 17 heavy (non-hydrogen) atoms. The van der Waals surface area contributed by atoms with E-state index >= 15 is 0 Å². The molecule has 2 heteroatoms. The van der Waals surface area contributed by atoms with Crippen LogP contribution in [0.15, 0.2) is 0 Å². The Morgan fingerprint density at radius 1 is 0.882 bits per heavy atom. The second-order valence-electron chi connectivity index (χ2n) is 5.95. The van der Waals surface area contributed by atoms with Gasteiger partial charge in [-0.2, -0.15) is 0 Å². The largest absolute Gasteiger partial charge is 0.381 e. The molecule has 2 rings (SSSR count). The molecule has 100 valence electrons. The van der Waals surface area contributed by atoms with Gasteiger partial charge in [0.05, 0.1) is 0 Å². The third kappa shape index (κ3) is 4.59. The van der Waals surface area contributed by atoms with E-state index in [1.807, 2.05) is 0 Å². The third-order valence-electron chi connectivity index (χ3n) is 4.56. The van der Waals surface area contributed by atoms with Crippen LogP contribution in [-0.4, -0.2) is 25.3 Å². The maximum absolute atomic E-state index is 5.53. The van der Waals surface area contributed by atoms with Gasteiger partial charge in [0.1, 0.15) is 0 Å². The Labute approximate surface area is 107 Å². The van der Waals surface area contributed by atoms with E-state index in [-0.39, 0.29) is 0 Å². The molecule has 1 saturated carbocycles. The Hall–Kier alpha value is -0.0800. The standard InChI is InChI=1S/C15H29NO/c1-13(14-7-4-2-3-5-8-14)16-15-9-6-11-17-12-10-15/h13-16H,2-12H2,1H3/t13-,15?/m1/s1. The van der Waals surface area contributed by atoms with E-state index in [1.165, 1.54) is 57.8 Å². The summed E-state index contributed by atoms with van der Waals surface area (Å²) in [5, 5.41) is 3.88. The van der Waals surface area contributed by atoms with Gasteiger partial charge in [-0.1, -0.05) is 25.7 Å². The molecule has 0 radical (unpaired) electrons. The molecular weight excluding hydrogens is 210 g/mol. The van der Waals surface area contributed by atoms with Crippen LogP contribution in [-0.2, 0) is 4.74 Å². The predicted molar refractivity (Wildman–Crippen MR) is 72.2 cm³/mol. The van der Waals surface area contributed by atoms with Crippen LogP contribution >= 0.6 is 0 Å². The minimum Gasteiger partial charge on any atom is -0.381 e. The smallest absolute Gasteiger partial charge is 0.0480 e. The van der Waals surface area contributed by atoms with Crippen molar-refractivity contribution in [3.8, 4) is 0 Å². The molecule has 1 unspecified atom stereocenters. The Balaban J connectivity index is 1.75. The Morgan fingerprint density at radius 3 is 2.41 bits per heavy atom. The van der Waals surface area contributed by atoms with E-state index < -0.39 is 0 Å². The van der Waals surface area contributed by atoms with Crippen molar-refractivity contribution < 1.29 is 4.74 Å². The van der Waals surface area contributed by atoms with Crippen LogP contribution in [0.4, 0.5) is 0 Å². The highest BCUT2D eigenvalue weighted by Gasteiger charge is 2.22. The van der Waals surface area contributed by atoms with Crippen molar-refractivity contribution in [3.63, 3.8) is 0 Å². The summed E-state index contributed by atoms with van der Waals surface area (Å²) in [5.74, 6) is 0.918. The second-order valence-corrected chi connectivity index (χ2v) is 5.95. The van der Waals surface area contributed by atoms with E-state index in [9.17, 15) is 0 Å². The molecule has 2 fully saturated rings. The SMILES string of the molecule is C[C@@H](NC1CCCOCC1)C1CCCCCC1. The summed E-state index contributed by atoms with van der Waals surface area (Å²) in [6.07, 6.45) is 12.4. The Morgan fingerprint density at radius 2 is 1.65 bits per heavy atom. The van der Waals surface area contributed by atoms with Gasteiger partial charge in [-0.15, -0.1) is 0 Å². The molecule has 2 atom stereocenters. The van der Waals surface area contributed by atoms with Crippen molar-refractivity contribution in [2.75, 3.05) is 13.2 Å². The van der Waals surface area contributed by atoms with Crippen LogP contribution in [0.25, 0.3) is 0 Å². The molecule has 1 heterocycles. The van der Waals surface area contributed by atoms with E-state index in [2.05, 4.69) is 12.2 Å². The molecule has 2 nitrogen and oxygen atoms in total. The maximum Gasteiger partial charge on any atom is 0.0480 e. The number of hydrogen-bond donors (Lipinski definition) is 1. The lowest BCUT2D eigenvalue weighted by molar-refractivity contribution is 0.141. The quantitative estimate of drug-likeness (QED) is 0.761. The summed E-state index contributed by atoms with van der Waals surface area (Å²) in [4.78, 5) is 0. The zero-order chi connectivity index (χ0) is 11.9. The average molecular weight is 239 g/mol. The molecule has 1 saturated heterocycles. The topological polar surface area (TPSA) is 21.3 Å². The van der Waals surface area contributed by atoms with Crippen LogP contribution < -0.4 is 5.32 Å². The highest BCUT2D eigenvalue weighted by atomic mass is 16.5. The van der Waals surface area contributed by atoms with E-state index in [1.54, 1.807) is 0 Å². The molecule has 1 aliphatic carbocycles. The summed E-state index contributed by atoms with van der Waals surface area (Å²) >= 11 is 0. The minimum absolute atomic E-state index is 0.704. The minimum atomic E-state index is 0.704. The van der Waals surface area contributed by atoms with Crippen LogP contribution in [0.5, 0.6) is 0 Å². The molecule has 0 aromatic heterocycles. The Kier molecular flexibility index (Phi) is 5.79. The maximum atomic E-state index is 5.53. The lowest BCUT2D eigenvalue weighted by Gasteiger charge is -2.28. The van der Waals surface area contributed by atoms with Crippen molar-refractivity contribution >= 4 is 0 Å². The van der Waals surface area contributed by atoms with Gasteiger partial charge in [0.25, 0.3) is 0 Å². The monoisotopic (exact) mass is 239 g/mol. The molecule has 0 bridgehead atoms. The fourth-order valence-electron chi connectivity index (χ4n) is 3.39. The zero-order valence-electron chi connectivity index (χ0n) is 11.4. The van der Waals surface area contributed by atoms with Gasteiger partial charge in [0.2, 0.25) is 0 Å². The van der Waals surface area contributed by atoms with Gasteiger partial charge in [0, 0.05) is 25.3 Å². The fourth-order valence-corrected chi connectivity index (χ4v) is 3.39. The molecule has 1 N–H and O–H groups in total. The predicted octanol–water partition coefficient (Wildman–Crippen LogP) is 3.50. The lowest BCUT2D eigenvalue weighted by Crippen LogP contribution is -2.41. The van der Waals surface area contributed by atoms with E-state index in [0.29, 0.717) is 12.1 Å². The normalized spacial score (nSPS) is 30.5. The molecule has 2 aliphatic rings. The molecule has 1 aliphatic heterocycles. The van der Waals surface area contributed by atoms with Gasteiger partial charge >= 0.3 is 0 Å². The second kappa shape index (κ2) is 7.38. The summed E-state index contributed by atoms with van der Waals surface area (Å²) in [7, 11) is 0. The molecule has 0 aromatic carbocycles. The van der Waals surface area contributed by atoms with Crippen LogP contribution in [0.2, 0.25) is 0 Å². The third-order valence-corrected chi connectivity index (χ3v) is 4.56. The van der Waals surface area contributed by atoms with Crippen LogP contribution in [0.3, 0.4) is 0 Å². The summed E-state index contributed by atoms with van der Waals surface area (Å²) in [6, 6.07) is 1.41. The Bertz CT molecular complexity index is 191. The van der Waals surface area contributed by atoms with Gasteiger partial charge in [0.15, 0.2) is 0 Å². The van der Waals surface area contributed by atoms with Crippen LogP contribution in [0.1, 0.15) is 64.7 Å². The molecular formula is C15H29NO. The van der Waals surface area contributed by atoms with E-state index in [4.69, 9.17) is 4.74 Å². The molecule has 0 aromatic rings. The van der Waals surface area contributed by atoms with Gasteiger partial charge in [-0.05, 0) is 44.9 Å². The number of rotatable bonds is 3. The number of hydrogen-bond acceptors (Lipinski definition) is 2. The van der Waals surface area contributed by atoms with Crippen molar-refractivity contribution in [1.82, 2.24) is 5.32 Å². The van der Waals surface area contributed by atoms with Crippen molar-refractivity contribution in [1.29, 1.82) is 0 Å². The first kappa shape index (κ1) is 13.4. The zero-order valence-corrected chi connectivity index (χ0v) is 11.4. The molecule has 0 amide bonds. The molecule has 0 spiro atoms. The number of ether oxygens (including phenoxy) is 1.